The highest BCUT2D eigenvalue weighted by Crippen LogP contribution is 2.53. The maximum atomic E-state index is 13.1. The molecular weight excluding hydrogens is 332 g/mol. The van der Waals surface area contributed by atoms with Gasteiger partial charge in [-0.1, -0.05) is 24.3 Å². The van der Waals surface area contributed by atoms with E-state index in [1.807, 2.05) is 0 Å². The predicted molar refractivity (Wildman–Crippen MR) is 75.4 cm³/mol. The van der Waals surface area contributed by atoms with E-state index in [1.54, 1.807) is 48.5 Å². The average Bonchev–Trinajstić information content (AvgIpc) is 2.71. The molecule has 9 heteroatoms. The van der Waals surface area contributed by atoms with Crippen LogP contribution in [0.15, 0.2) is 48.5 Å². The predicted octanol–water partition coefficient (Wildman–Crippen LogP) is 6.52. The average molecular weight is 340 g/mol. The Morgan fingerprint density at radius 3 is 1.32 bits per heavy atom. The first-order chi connectivity index (χ1) is 10.1. The van der Waals surface area contributed by atoms with Crippen molar-refractivity contribution >= 4 is 37.9 Å². The topological polar surface area (TPSA) is 0 Å². The van der Waals surface area contributed by atoms with Crippen molar-refractivity contribution in [1.82, 2.24) is 0 Å². The van der Waals surface area contributed by atoms with E-state index in [0.29, 0.717) is 20.2 Å². The molecule has 0 aliphatic heterocycles. The van der Waals surface area contributed by atoms with Crippen molar-refractivity contribution in [2.75, 3.05) is 0 Å². The van der Waals surface area contributed by atoms with Crippen molar-refractivity contribution < 1.29 is 30.4 Å². The van der Waals surface area contributed by atoms with Gasteiger partial charge >= 0.3 is 12.8 Å². The SMILES string of the molecule is FC(F)(F)[s+]1c2ccccc2c2ccccc21.F[B-](F)(F)F. The summed E-state index contributed by atoms with van der Waals surface area (Å²) in [4.78, 5) is 0. The van der Waals surface area contributed by atoms with E-state index in [2.05, 4.69) is 0 Å². The van der Waals surface area contributed by atoms with Crippen molar-refractivity contribution in [3.63, 3.8) is 0 Å². The van der Waals surface area contributed by atoms with E-state index >= 15 is 0 Å². The van der Waals surface area contributed by atoms with E-state index in [0.717, 1.165) is 0 Å². The van der Waals surface area contributed by atoms with Gasteiger partial charge in [-0.25, -0.2) is 0 Å². The van der Waals surface area contributed by atoms with Crippen LogP contribution in [0.25, 0.3) is 20.2 Å². The number of hydrogen-bond acceptors (Lipinski definition) is 0. The molecule has 0 atom stereocenters. The fourth-order valence-electron chi connectivity index (χ4n) is 2.10. The van der Waals surface area contributed by atoms with Gasteiger partial charge in [-0.3, -0.25) is 0 Å². The van der Waals surface area contributed by atoms with Gasteiger partial charge < -0.3 is 17.3 Å². The molecule has 2 aromatic carbocycles. The first-order valence-electron chi connectivity index (χ1n) is 5.96. The van der Waals surface area contributed by atoms with Crippen LogP contribution >= 0.6 is 10.5 Å². The van der Waals surface area contributed by atoms with Crippen LogP contribution in [-0.4, -0.2) is 7.25 Å². The Balaban J connectivity index is 0.000000309. The van der Waals surface area contributed by atoms with Crippen LogP contribution in [0.3, 0.4) is 0 Å². The fourth-order valence-corrected chi connectivity index (χ4v) is 4.06. The molecule has 0 aliphatic rings. The van der Waals surface area contributed by atoms with Crippen LogP contribution in [0.5, 0.6) is 0 Å². The maximum absolute atomic E-state index is 13.1. The Morgan fingerprint density at radius 2 is 1.00 bits per heavy atom. The molecule has 1 heterocycles. The molecule has 0 nitrogen and oxygen atoms in total. The molecule has 0 fully saturated rings. The van der Waals surface area contributed by atoms with Gasteiger partial charge in [0.15, 0.2) is 9.40 Å². The molecule has 0 radical (unpaired) electrons. The largest absolute Gasteiger partial charge is 0.673 e. The molecule has 0 saturated carbocycles. The number of thiophene rings is 1. The highest BCUT2D eigenvalue weighted by molar-refractivity contribution is 7.43. The second-order valence-corrected chi connectivity index (χ2v) is 6.19. The molecular formula is C13H8BF7S. The third-order valence-electron chi connectivity index (χ3n) is 2.74. The zero-order valence-electron chi connectivity index (χ0n) is 10.8. The van der Waals surface area contributed by atoms with E-state index in [-0.39, 0.29) is 0 Å². The Morgan fingerprint density at radius 1 is 0.682 bits per heavy atom. The lowest BCUT2D eigenvalue weighted by atomic mass is 10.2. The third-order valence-corrected chi connectivity index (χ3v) is 4.79. The van der Waals surface area contributed by atoms with Gasteiger partial charge in [-0.05, 0) is 24.3 Å². The first-order valence-corrected chi connectivity index (χ1v) is 7.18. The summed E-state index contributed by atoms with van der Waals surface area (Å²) in [6, 6.07) is 13.5. The third kappa shape index (κ3) is 3.71. The second-order valence-electron chi connectivity index (χ2n) is 4.24. The number of benzene rings is 2. The lowest BCUT2D eigenvalue weighted by molar-refractivity contribution is -0.0862. The van der Waals surface area contributed by atoms with Crippen molar-refractivity contribution in [3.05, 3.63) is 48.5 Å². The minimum absolute atomic E-state index is 0.390. The molecule has 0 unspecified atom stereocenters. The van der Waals surface area contributed by atoms with Crippen LogP contribution in [0.4, 0.5) is 30.4 Å². The first kappa shape index (κ1) is 16.6. The van der Waals surface area contributed by atoms with Gasteiger partial charge in [0.05, 0.1) is 0 Å². The summed E-state index contributed by atoms with van der Waals surface area (Å²) in [7, 11) is -7.79. The van der Waals surface area contributed by atoms with Crippen LogP contribution in [-0.2, 0) is 5.51 Å². The van der Waals surface area contributed by atoms with Crippen molar-refractivity contribution in [3.8, 4) is 0 Å². The molecule has 0 saturated heterocycles. The van der Waals surface area contributed by atoms with Gasteiger partial charge in [-0.15, -0.1) is 13.2 Å². The Labute approximate surface area is 123 Å². The highest BCUT2D eigenvalue weighted by Gasteiger charge is 2.47. The fraction of sp³-hybridized carbons (Fsp3) is 0.0769. The normalized spacial score (nSPS) is 12.3. The van der Waals surface area contributed by atoms with Crippen molar-refractivity contribution in [2.24, 2.45) is 0 Å². The summed E-state index contributed by atoms with van der Waals surface area (Å²) >= 11 is 0. The van der Waals surface area contributed by atoms with Gasteiger partial charge in [-0.2, -0.15) is 0 Å². The van der Waals surface area contributed by atoms with Crippen LogP contribution in [0.1, 0.15) is 0 Å². The minimum Gasteiger partial charge on any atom is -0.418 e. The number of halogens is 7. The van der Waals surface area contributed by atoms with Gasteiger partial charge in [0.1, 0.15) is 10.5 Å². The number of rotatable bonds is 0. The standard InChI is InChI=1S/C13H8F3S.BF4/c14-13(15,16)17-11-7-3-1-5-9(11)10-6-2-4-8-12(10)17;2-1(3,4)5/h1-8H;/q+1;-1. The van der Waals surface area contributed by atoms with E-state index < -0.39 is 23.2 Å². The van der Waals surface area contributed by atoms with Gasteiger partial charge in [0.25, 0.3) is 0 Å². The number of hydrogen-bond donors (Lipinski definition) is 0. The summed E-state index contributed by atoms with van der Waals surface area (Å²) in [5.41, 5.74) is -4.21. The van der Waals surface area contributed by atoms with E-state index in [4.69, 9.17) is 0 Å². The summed E-state index contributed by atoms with van der Waals surface area (Å²) in [5, 5.41) is 1.42. The van der Waals surface area contributed by atoms with Crippen LogP contribution in [0.2, 0.25) is 0 Å². The summed E-state index contributed by atoms with van der Waals surface area (Å²) < 4.78 is 79.2. The van der Waals surface area contributed by atoms with Crippen LogP contribution < -0.4 is 0 Å². The molecule has 3 rings (SSSR count). The Bertz CT molecular complexity index is 729. The molecule has 0 bridgehead atoms. The van der Waals surface area contributed by atoms with Gasteiger partial charge in [0, 0.05) is 10.8 Å². The minimum atomic E-state index is -6.00. The quantitative estimate of drug-likeness (QED) is 0.248. The molecule has 0 aliphatic carbocycles. The number of fused-ring (bicyclic) bond motifs is 3. The second kappa shape index (κ2) is 5.79. The Kier molecular flexibility index (Phi) is 4.37. The summed E-state index contributed by atoms with van der Waals surface area (Å²) in [6.45, 7) is 0. The number of alkyl halides is 3. The molecule has 0 amide bonds. The lowest BCUT2D eigenvalue weighted by Gasteiger charge is -1.95. The molecule has 0 spiro atoms. The summed E-state index contributed by atoms with van der Waals surface area (Å²) in [6.07, 6.45) is 0. The zero-order valence-corrected chi connectivity index (χ0v) is 11.6. The maximum Gasteiger partial charge on any atom is 0.673 e. The molecule has 3 aromatic rings. The highest BCUT2D eigenvalue weighted by atomic mass is 32.2. The monoisotopic (exact) mass is 340 g/mol. The molecule has 1 aromatic heterocycles. The molecule has 22 heavy (non-hydrogen) atoms. The zero-order chi connectivity index (χ0) is 16.5. The molecule has 118 valence electrons. The lowest BCUT2D eigenvalue weighted by Crippen LogP contribution is -2.02. The summed E-state index contributed by atoms with van der Waals surface area (Å²) in [5.74, 6) is 0. The molecule has 0 N–H and O–H groups in total. The van der Waals surface area contributed by atoms with Crippen LogP contribution in [0, 0.1) is 0 Å². The van der Waals surface area contributed by atoms with Crippen molar-refractivity contribution in [1.29, 1.82) is 0 Å². The Hall–Kier alpha value is -1.77. The van der Waals surface area contributed by atoms with E-state index in [9.17, 15) is 30.4 Å². The van der Waals surface area contributed by atoms with Gasteiger partial charge in [0.2, 0.25) is 0 Å². The smallest absolute Gasteiger partial charge is 0.418 e. The van der Waals surface area contributed by atoms with E-state index in [1.165, 1.54) is 0 Å². The van der Waals surface area contributed by atoms with Crippen molar-refractivity contribution in [2.45, 2.75) is 5.51 Å².